The SMILES string of the molecule is COc1ccc(NS(=O)(=O)c2ccc(NC(=O)[C@@H](C)N(c3ccccc3)S(C)(=O)=O)cc2)cc1. The number of rotatable bonds is 9. The van der Waals surface area contributed by atoms with E-state index in [1.54, 1.807) is 54.6 Å². The zero-order chi connectivity index (χ0) is 24.9. The average molecular weight is 504 g/mol. The van der Waals surface area contributed by atoms with Crippen molar-refractivity contribution in [2.75, 3.05) is 27.7 Å². The number of ether oxygens (including phenoxy) is 1. The highest BCUT2D eigenvalue weighted by Gasteiger charge is 2.29. The van der Waals surface area contributed by atoms with Gasteiger partial charge in [0.2, 0.25) is 15.9 Å². The van der Waals surface area contributed by atoms with Crippen molar-refractivity contribution in [2.45, 2.75) is 17.9 Å². The van der Waals surface area contributed by atoms with Crippen LogP contribution in [0.4, 0.5) is 17.1 Å². The van der Waals surface area contributed by atoms with Crippen molar-refractivity contribution in [1.29, 1.82) is 0 Å². The molecule has 0 saturated carbocycles. The molecule has 11 heteroatoms. The van der Waals surface area contributed by atoms with Gasteiger partial charge in [-0.1, -0.05) is 18.2 Å². The topological polar surface area (TPSA) is 122 Å². The number of hydrogen-bond acceptors (Lipinski definition) is 6. The monoisotopic (exact) mass is 503 g/mol. The van der Waals surface area contributed by atoms with Gasteiger partial charge in [-0.25, -0.2) is 16.8 Å². The minimum absolute atomic E-state index is 0.00332. The fourth-order valence-electron chi connectivity index (χ4n) is 3.22. The van der Waals surface area contributed by atoms with E-state index >= 15 is 0 Å². The molecule has 1 amide bonds. The summed E-state index contributed by atoms with van der Waals surface area (Å²) < 4.78 is 58.5. The van der Waals surface area contributed by atoms with Gasteiger partial charge in [0.15, 0.2) is 0 Å². The Kier molecular flexibility index (Phi) is 7.48. The molecule has 3 aromatic rings. The van der Waals surface area contributed by atoms with E-state index in [0.717, 1.165) is 10.6 Å². The first-order valence-electron chi connectivity index (χ1n) is 10.1. The molecule has 0 aliphatic heterocycles. The lowest BCUT2D eigenvalue weighted by Gasteiger charge is -2.28. The summed E-state index contributed by atoms with van der Waals surface area (Å²) in [6.45, 7) is 1.47. The van der Waals surface area contributed by atoms with Crippen molar-refractivity contribution in [1.82, 2.24) is 0 Å². The molecule has 0 aliphatic carbocycles. The largest absolute Gasteiger partial charge is 0.497 e. The smallest absolute Gasteiger partial charge is 0.261 e. The Morgan fingerprint density at radius 2 is 1.41 bits per heavy atom. The molecule has 0 aliphatic rings. The summed E-state index contributed by atoms with van der Waals surface area (Å²) in [5, 5.41) is 2.63. The molecule has 0 saturated heterocycles. The van der Waals surface area contributed by atoms with E-state index < -0.39 is 32.0 Å². The van der Waals surface area contributed by atoms with Crippen molar-refractivity contribution >= 4 is 43.0 Å². The van der Waals surface area contributed by atoms with Crippen LogP contribution in [0, 0.1) is 0 Å². The maximum Gasteiger partial charge on any atom is 0.261 e. The Hall–Kier alpha value is -3.57. The summed E-state index contributed by atoms with van der Waals surface area (Å²) in [6.07, 6.45) is 1.03. The van der Waals surface area contributed by atoms with E-state index in [1.165, 1.54) is 38.3 Å². The minimum Gasteiger partial charge on any atom is -0.497 e. The summed E-state index contributed by atoms with van der Waals surface area (Å²) >= 11 is 0. The van der Waals surface area contributed by atoms with Gasteiger partial charge >= 0.3 is 0 Å². The van der Waals surface area contributed by atoms with E-state index in [0.29, 0.717) is 22.8 Å². The second-order valence-electron chi connectivity index (χ2n) is 7.42. The molecule has 2 N–H and O–H groups in total. The number of sulfonamides is 2. The lowest BCUT2D eigenvalue weighted by atomic mass is 10.2. The molecule has 0 bridgehead atoms. The molecule has 0 heterocycles. The Morgan fingerprint density at radius 3 is 1.94 bits per heavy atom. The molecule has 0 fully saturated rings. The van der Waals surface area contributed by atoms with Crippen LogP contribution in [0.5, 0.6) is 5.75 Å². The lowest BCUT2D eigenvalue weighted by Crippen LogP contribution is -2.45. The van der Waals surface area contributed by atoms with E-state index in [1.807, 2.05) is 0 Å². The van der Waals surface area contributed by atoms with Gasteiger partial charge in [-0.15, -0.1) is 0 Å². The highest BCUT2D eigenvalue weighted by Crippen LogP contribution is 2.23. The van der Waals surface area contributed by atoms with Crippen molar-refractivity contribution in [3.63, 3.8) is 0 Å². The van der Waals surface area contributed by atoms with Crippen molar-refractivity contribution in [3.8, 4) is 5.75 Å². The molecule has 34 heavy (non-hydrogen) atoms. The second-order valence-corrected chi connectivity index (χ2v) is 11.0. The van der Waals surface area contributed by atoms with Crippen LogP contribution in [-0.4, -0.2) is 42.2 Å². The number of hydrogen-bond donors (Lipinski definition) is 2. The molecule has 9 nitrogen and oxygen atoms in total. The molecule has 0 spiro atoms. The van der Waals surface area contributed by atoms with Gasteiger partial charge in [0, 0.05) is 11.4 Å². The van der Waals surface area contributed by atoms with Gasteiger partial charge in [0.25, 0.3) is 10.0 Å². The zero-order valence-corrected chi connectivity index (χ0v) is 20.4. The summed E-state index contributed by atoms with van der Waals surface area (Å²) in [5.74, 6) is 0.0280. The molecule has 0 radical (unpaired) electrons. The quantitative estimate of drug-likeness (QED) is 0.462. The highest BCUT2D eigenvalue weighted by atomic mass is 32.2. The summed E-state index contributed by atoms with van der Waals surface area (Å²) in [4.78, 5) is 12.8. The lowest BCUT2D eigenvalue weighted by molar-refractivity contribution is -0.116. The van der Waals surface area contributed by atoms with Crippen molar-refractivity contribution in [3.05, 3.63) is 78.9 Å². The third kappa shape index (κ3) is 6.06. The van der Waals surface area contributed by atoms with Gasteiger partial charge in [-0.05, 0) is 67.6 Å². The maximum atomic E-state index is 12.8. The number of para-hydroxylation sites is 1. The number of carbonyl (C=O) groups is 1. The Balaban J connectivity index is 1.73. The average Bonchev–Trinajstić information content (AvgIpc) is 2.79. The van der Waals surface area contributed by atoms with Crippen LogP contribution in [0.15, 0.2) is 83.8 Å². The highest BCUT2D eigenvalue weighted by molar-refractivity contribution is 7.92. The molecule has 1 atom stereocenters. The maximum absolute atomic E-state index is 12.8. The fraction of sp³-hybridized carbons (Fsp3) is 0.174. The predicted molar refractivity (Wildman–Crippen MR) is 132 cm³/mol. The number of nitrogens with zero attached hydrogens (tertiary/aromatic N) is 1. The van der Waals surface area contributed by atoms with Crippen LogP contribution in [0.1, 0.15) is 6.92 Å². The Bertz CT molecular complexity index is 1340. The van der Waals surface area contributed by atoms with Gasteiger partial charge in [-0.2, -0.15) is 0 Å². The molecule has 3 aromatic carbocycles. The zero-order valence-electron chi connectivity index (χ0n) is 18.8. The van der Waals surface area contributed by atoms with Crippen LogP contribution in [0.3, 0.4) is 0 Å². The second kappa shape index (κ2) is 10.1. The van der Waals surface area contributed by atoms with Crippen LogP contribution in [0.2, 0.25) is 0 Å². The van der Waals surface area contributed by atoms with Gasteiger partial charge < -0.3 is 10.1 Å². The molecule has 3 rings (SSSR count). The third-order valence-corrected chi connectivity index (χ3v) is 7.51. The molecule has 0 unspecified atom stereocenters. The third-order valence-electron chi connectivity index (χ3n) is 4.87. The normalized spacial score (nSPS) is 12.4. The number of methoxy groups -OCH3 is 1. The first-order chi connectivity index (χ1) is 16.0. The molecule has 0 aromatic heterocycles. The van der Waals surface area contributed by atoms with E-state index in [9.17, 15) is 21.6 Å². The Labute approximate surface area is 199 Å². The van der Waals surface area contributed by atoms with Gasteiger partial charge in [-0.3, -0.25) is 13.8 Å². The molecule has 180 valence electrons. The van der Waals surface area contributed by atoms with E-state index in [2.05, 4.69) is 10.0 Å². The fourth-order valence-corrected chi connectivity index (χ4v) is 5.45. The number of amides is 1. The summed E-state index contributed by atoms with van der Waals surface area (Å²) in [5.41, 5.74) is 1.05. The first-order valence-corrected chi connectivity index (χ1v) is 13.5. The molecular formula is C23H25N3O6S2. The number of benzene rings is 3. The van der Waals surface area contributed by atoms with Crippen LogP contribution < -0.4 is 19.1 Å². The number of anilines is 3. The number of carbonyl (C=O) groups excluding carboxylic acids is 1. The first kappa shape index (κ1) is 25.1. The van der Waals surface area contributed by atoms with Gasteiger partial charge in [0.05, 0.1) is 23.9 Å². The van der Waals surface area contributed by atoms with Crippen molar-refractivity contribution in [2.24, 2.45) is 0 Å². The summed E-state index contributed by atoms with van der Waals surface area (Å²) in [6, 6.07) is 19.2. The molecular weight excluding hydrogens is 478 g/mol. The van der Waals surface area contributed by atoms with Crippen LogP contribution >= 0.6 is 0 Å². The summed E-state index contributed by atoms with van der Waals surface area (Å²) in [7, 11) is -6.08. The van der Waals surface area contributed by atoms with Crippen molar-refractivity contribution < 1.29 is 26.4 Å². The standard InChI is InChI=1S/C23H25N3O6S2/c1-17(26(33(3,28)29)20-7-5-4-6-8-20)23(27)24-18-11-15-22(16-12-18)34(30,31)25-19-9-13-21(32-2)14-10-19/h4-17,25H,1-3H3,(H,24,27)/t17-/m1/s1. The Morgan fingerprint density at radius 1 is 0.853 bits per heavy atom. The van der Waals surface area contributed by atoms with Crippen LogP contribution in [-0.2, 0) is 24.8 Å². The van der Waals surface area contributed by atoms with E-state index in [4.69, 9.17) is 4.74 Å². The minimum atomic E-state index is -3.85. The van der Waals surface area contributed by atoms with Crippen LogP contribution in [0.25, 0.3) is 0 Å². The van der Waals surface area contributed by atoms with Gasteiger partial charge in [0.1, 0.15) is 11.8 Å². The van der Waals surface area contributed by atoms with E-state index in [-0.39, 0.29) is 4.90 Å². The predicted octanol–water partition coefficient (Wildman–Crippen LogP) is 3.29. The number of nitrogens with one attached hydrogen (secondary N) is 2.